The molecule has 3 aromatic carbocycles. The molecule has 5 rings (SSSR count). The molecule has 5 aromatic rings. The minimum Gasteiger partial charge on any atom is -0.457 e. The van der Waals surface area contributed by atoms with E-state index in [9.17, 15) is 9.59 Å². The molecule has 0 aliphatic heterocycles. The van der Waals surface area contributed by atoms with Crippen LogP contribution in [0.15, 0.2) is 102 Å². The lowest BCUT2D eigenvalue weighted by Gasteiger charge is -2.12. The highest BCUT2D eigenvalue weighted by Gasteiger charge is 2.18. The van der Waals surface area contributed by atoms with Crippen molar-refractivity contribution in [3.05, 3.63) is 115 Å². The molecule has 0 atom stereocenters. The molecule has 0 saturated carbocycles. The van der Waals surface area contributed by atoms with Gasteiger partial charge in [-0.15, -0.1) is 0 Å². The van der Waals surface area contributed by atoms with Crippen LogP contribution in [0.5, 0.6) is 5.75 Å². The molecular weight excluding hydrogens is 590 g/mol. The van der Waals surface area contributed by atoms with Crippen LogP contribution in [-0.4, -0.2) is 21.8 Å². The molecule has 36 heavy (non-hydrogen) atoms. The highest BCUT2D eigenvalue weighted by atomic mass is 79.9. The summed E-state index contributed by atoms with van der Waals surface area (Å²) in [5.41, 5.74) is 2.47. The fraction of sp³-hybridized carbons (Fsp3) is 0.0370. The summed E-state index contributed by atoms with van der Waals surface area (Å²) in [4.78, 5) is 30.8. The Bertz CT molecular complexity index is 1690. The smallest absolute Gasteiger partial charge is 0.379 e. The van der Waals surface area contributed by atoms with E-state index in [-0.39, 0.29) is 17.1 Å². The number of esters is 1. The molecule has 0 unspecified atom stereocenters. The van der Waals surface area contributed by atoms with Gasteiger partial charge in [-0.05, 0) is 65.3 Å². The Balaban J connectivity index is 1.65. The van der Waals surface area contributed by atoms with E-state index >= 15 is 0 Å². The minimum atomic E-state index is -0.664. The summed E-state index contributed by atoms with van der Waals surface area (Å²) in [5, 5.41) is 4.94. The lowest BCUT2D eigenvalue weighted by Crippen LogP contribution is -2.20. The molecule has 9 heteroatoms. The number of carbonyl (C=O) groups excluding carboxylic acids is 1. The Morgan fingerprint density at radius 1 is 1.06 bits per heavy atom. The van der Waals surface area contributed by atoms with Crippen molar-refractivity contribution in [2.24, 2.45) is 5.10 Å². The Morgan fingerprint density at radius 3 is 2.67 bits per heavy atom. The second-order valence-electron chi connectivity index (χ2n) is 7.86. The van der Waals surface area contributed by atoms with Crippen LogP contribution in [0.3, 0.4) is 0 Å². The van der Waals surface area contributed by atoms with Gasteiger partial charge in [0.15, 0.2) is 11.6 Å². The zero-order valence-corrected chi connectivity index (χ0v) is 22.0. The molecule has 0 fully saturated rings. The normalized spacial score (nSPS) is 11.3. The zero-order valence-electron chi connectivity index (χ0n) is 18.8. The van der Waals surface area contributed by atoms with Crippen molar-refractivity contribution in [1.29, 1.82) is 0 Å². The molecule has 0 aliphatic carbocycles. The van der Waals surface area contributed by atoms with Gasteiger partial charge in [0.05, 0.1) is 27.9 Å². The van der Waals surface area contributed by atoms with Gasteiger partial charge < -0.3 is 9.15 Å². The van der Waals surface area contributed by atoms with Crippen LogP contribution in [0.4, 0.5) is 0 Å². The van der Waals surface area contributed by atoms with E-state index in [1.165, 1.54) is 23.2 Å². The van der Waals surface area contributed by atoms with Gasteiger partial charge in [-0.1, -0.05) is 51.8 Å². The third kappa shape index (κ3) is 4.80. The van der Waals surface area contributed by atoms with Gasteiger partial charge in [0.1, 0.15) is 0 Å². The SMILES string of the molecule is Cc1cccc(-c2nc3ccccc3c(=O)n2N=Cc2cc(Br)cc(Br)c2OC(=O)c2ccco2)c1. The number of rotatable bonds is 5. The second-order valence-corrected chi connectivity index (χ2v) is 9.63. The number of hydrogen-bond acceptors (Lipinski definition) is 6. The topological polar surface area (TPSA) is 86.7 Å². The molecule has 0 N–H and O–H groups in total. The maximum Gasteiger partial charge on any atom is 0.379 e. The number of aryl methyl sites for hydroxylation is 1. The van der Waals surface area contributed by atoms with E-state index in [1.54, 1.807) is 36.4 Å². The van der Waals surface area contributed by atoms with E-state index in [1.807, 2.05) is 37.3 Å². The predicted octanol–water partition coefficient (Wildman–Crippen LogP) is 6.59. The third-order valence-corrected chi connectivity index (χ3v) is 6.34. The van der Waals surface area contributed by atoms with Crippen LogP contribution in [0.2, 0.25) is 0 Å². The van der Waals surface area contributed by atoms with Crippen molar-refractivity contribution in [2.75, 3.05) is 0 Å². The molecule has 0 bridgehead atoms. The predicted molar refractivity (Wildman–Crippen MR) is 145 cm³/mol. The minimum absolute atomic E-state index is 0.0596. The third-order valence-electron chi connectivity index (χ3n) is 5.30. The summed E-state index contributed by atoms with van der Waals surface area (Å²) in [6, 6.07) is 21.4. The molecule has 0 saturated heterocycles. The summed E-state index contributed by atoms with van der Waals surface area (Å²) in [5.74, 6) is 0.0103. The first-order chi connectivity index (χ1) is 17.4. The van der Waals surface area contributed by atoms with Crippen LogP contribution in [0.1, 0.15) is 21.7 Å². The number of benzene rings is 3. The van der Waals surface area contributed by atoms with Crippen molar-refractivity contribution in [3.8, 4) is 17.1 Å². The van der Waals surface area contributed by atoms with Gasteiger partial charge in [-0.3, -0.25) is 4.79 Å². The van der Waals surface area contributed by atoms with E-state index in [4.69, 9.17) is 14.1 Å². The average molecular weight is 607 g/mol. The van der Waals surface area contributed by atoms with Gasteiger partial charge in [0.2, 0.25) is 5.76 Å². The van der Waals surface area contributed by atoms with Gasteiger partial charge >= 0.3 is 5.97 Å². The van der Waals surface area contributed by atoms with Gasteiger partial charge in [-0.2, -0.15) is 9.78 Å². The number of carbonyl (C=O) groups is 1. The zero-order chi connectivity index (χ0) is 25.2. The first-order valence-electron chi connectivity index (χ1n) is 10.8. The number of aromatic nitrogens is 2. The summed E-state index contributed by atoms with van der Waals surface area (Å²) in [7, 11) is 0. The molecule has 0 radical (unpaired) electrons. The molecule has 178 valence electrons. The number of para-hydroxylation sites is 1. The molecule has 2 heterocycles. The van der Waals surface area contributed by atoms with Gasteiger partial charge in [0.25, 0.3) is 5.56 Å². The molecule has 0 amide bonds. The Kier molecular flexibility index (Phi) is 6.67. The molecule has 7 nitrogen and oxygen atoms in total. The van der Waals surface area contributed by atoms with Crippen LogP contribution in [0, 0.1) is 6.92 Å². The average Bonchev–Trinajstić information content (AvgIpc) is 3.40. The maximum absolute atomic E-state index is 13.5. The van der Waals surface area contributed by atoms with Gasteiger partial charge in [0, 0.05) is 15.6 Å². The summed E-state index contributed by atoms with van der Waals surface area (Å²) in [6.07, 6.45) is 2.85. The first-order valence-corrected chi connectivity index (χ1v) is 12.4. The number of halogens is 2. The van der Waals surface area contributed by atoms with Gasteiger partial charge in [-0.25, -0.2) is 9.78 Å². The lowest BCUT2D eigenvalue weighted by atomic mass is 10.1. The first kappa shape index (κ1) is 23.9. The lowest BCUT2D eigenvalue weighted by molar-refractivity contribution is 0.0700. The summed E-state index contributed by atoms with van der Waals surface area (Å²) in [6.45, 7) is 1.97. The van der Waals surface area contributed by atoms with E-state index in [0.717, 1.165) is 15.6 Å². The van der Waals surface area contributed by atoms with Crippen molar-refractivity contribution in [3.63, 3.8) is 0 Å². The quantitative estimate of drug-likeness (QED) is 0.128. The summed E-state index contributed by atoms with van der Waals surface area (Å²) < 4.78 is 13.2. The van der Waals surface area contributed by atoms with Crippen LogP contribution in [-0.2, 0) is 0 Å². The largest absolute Gasteiger partial charge is 0.457 e. The van der Waals surface area contributed by atoms with Crippen LogP contribution >= 0.6 is 31.9 Å². The number of nitrogens with zero attached hydrogens (tertiary/aromatic N) is 3. The monoisotopic (exact) mass is 605 g/mol. The summed E-state index contributed by atoms with van der Waals surface area (Å²) >= 11 is 6.89. The molecular formula is C27H17Br2N3O4. The Morgan fingerprint density at radius 2 is 1.89 bits per heavy atom. The van der Waals surface area contributed by atoms with Crippen molar-refractivity contribution in [1.82, 2.24) is 9.66 Å². The van der Waals surface area contributed by atoms with E-state index in [2.05, 4.69) is 37.0 Å². The van der Waals surface area contributed by atoms with Crippen LogP contribution < -0.4 is 10.3 Å². The Labute approximate surface area is 222 Å². The van der Waals surface area contributed by atoms with Crippen molar-refractivity contribution >= 4 is 54.9 Å². The molecule has 0 aliphatic rings. The highest BCUT2D eigenvalue weighted by Crippen LogP contribution is 2.33. The number of furan rings is 1. The fourth-order valence-electron chi connectivity index (χ4n) is 3.64. The van der Waals surface area contributed by atoms with Crippen molar-refractivity contribution in [2.45, 2.75) is 6.92 Å². The molecule has 0 spiro atoms. The number of fused-ring (bicyclic) bond motifs is 1. The van der Waals surface area contributed by atoms with E-state index in [0.29, 0.717) is 26.8 Å². The second kappa shape index (κ2) is 10.0. The molecule has 2 aromatic heterocycles. The number of ether oxygens (including phenoxy) is 1. The Hall–Kier alpha value is -3.82. The highest BCUT2D eigenvalue weighted by molar-refractivity contribution is 9.11. The fourth-order valence-corrected chi connectivity index (χ4v) is 4.98. The van der Waals surface area contributed by atoms with E-state index < -0.39 is 5.97 Å². The maximum atomic E-state index is 13.5. The number of hydrogen-bond donors (Lipinski definition) is 0. The standard InChI is InChI=1S/C27H17Br2N3O4/c1-16-6-4-7-17(12-16)25-31-22-9-3-2-8-20(22)26(33)32(25)30-15-18-13-19(28)14-21(29)24(18)36-27(34)23-10-5-11-35-23/h2-15H,1H3. The van der Waals surface area contributed by atoms with Crippen LogP contribution in [0.25, 0.3) is 22.3 Å². The van der Waals surface area contributed by atoms with Crippen molar-refractivity contribution < 1.29 is 13.9 Å².